The molecule has 1 aliphatic rings. The molecule has 1 aliphatic heterocycles. The molecule has 1 aromatic carbocycles. The van der Waals surface area contributed by atoms with Crippen molar-refractivity contribution in [3.05, 3.63) is 34.9 Å². The molecule has 0 bridgehead atoms. The van der Waals surface area contributed by atoms with Gasteiger partial charge in [0.2, 0.25) is 0 Å². The molecular formula is C13H19NO. The second-order valence-corrected chi connectivity index (χ2v) is 3.75. The number of carbonyl (C=O) groups excluding carboxylic acids is 1. The fourth-order valence-corrected chi connectivity index (χ4v) is 1.59. The SMILES string of the molecule is CC.CC(C)c1ccc2c(c1)C(=O)NC2. The number of nitrogens with one attached hydrogen (secondary N) is 1. The summed E-state index contributed by atoms with van der Waals surface area (Å²) >= 11 is 0. The molecule has 0 fully saturated rings. The Labute approximate surface area is 91.7 Å². The third kappa shape index (κ3) is 2.38. The van der Waals surface area contributed by atoms with Crippen LogP contribution in [-0.2, 0) is 6.54 Å². The first-order valence-corrected chi connectivity index (χ1v) is 5.59. The molecule has 82 valence electrons. The predicted octanol–water partition coefficient (Wildman–Crippen LogP) is 3.08. The lowest BCUT2D eigenvalue weighted by Gasteiger charge is -2.05. The Bertz CT molecular complexity index is 356. The zero-order valence-corrected chi connectivity index (χ0v) is 9.92. The molecule has 0 aliphatic carbocycles. The summed E-state index contributed by atoms with van der Waals surface area (Å²) in [5.41, 5.74) is 3.21. The Morgan fingerprint density at radius 1 is 1.27 bits per heavy atom. The van der Waals surface area contributed by atoms with E-state index in [1.807, 2.05) is 26.0 Å². The maximum atomic E-state index is 11.3. The number of carbonyl (C=O) groups is 1. The molecule has 0 aromatic heterocycles. The van der Waals surface area contributed by atoms with Crippen LogP contribution in [0.15, 0.2) is 18.2 Å². The number of hydrogen-bond donors (Lipinski definition) is 1. The molecule has 15 heavy (non-hydrogen) atoms. The summed E-state index contributed by atoms with van der Waals surface area (Å²) < 4.78 is 0. The van der Waals surface area contributed by atoms with Gasteiger partial charge in [0.05, 0.1) is 0 Å². The number of rotatable bonds is 1. The van der Waals surface area contributed by atoms with Gasteiger partial charge in [0, 0.05) is 12.1 Å². The lowest BCUT2D eigenvalue weighted by atomic mass is 9.98. The van der Waals surface area contributed by atoms with E-state index in [4.69, 9.17) is 0 Å². The van der Waals surface area contributed by atoms with Crippen LogP contribution in [0.25, 0.3) is 0 Å². The zero-order valence-electron chi connectivity index (χ0n) is 9.92. The summed E-state index contributed by atoms with van der Waals surface area (Å²) in [6, 6.07) is 6.15. The van der Waals surface area contributed by atoms with Gasteiger partial charge in [0.25, 0.3) is 5.91 Å². The highest BCUT2D eigenvalue weighted by molar-refractivity contribution is 5.98. The van der Waals surface area contributed by atoms with Gasteiger partial charge in [-0.1, -0.05) is 39.8 Å². The minimum Gasteiger partial charge on any atom is -0.348 e. The van der Waals surface area contributed by atoms with Crippen molar-refractivity contribution >= 4 is 5.91 Å². The fraction of sp³-hybridized carbons (Fsp3) is 0.462. The zero-order chi connectivity index (χ0) is 11.4. The van der Waals surface area contributed by atoms with E-state index in [2.05, 4.69) is 25.2 Å². The van der Waals surface area contributed by atoms with Crippen molar-refractivity contribution in [1.82, 2.24) is 5.32 Å². The van der Waals surface area contributed by atoms with Crippen molar-refractivity contribution in [1.29, 1.82) is 0 Å². The molecule has 0 spiro atoms. The normalized spacial score (nSPS) is 13.0. The van der Waals surface area contributed by atoms with Gasteiger partial charge in [-0.05, 0) is 23.1 Å². The van der Waals surface area contributed by atoms with Crippen molar-refractivity contribution in [3.8, 4) is 0 Å². The Kier molecular flexibility index (Phi) is 3.89. The lowest BCUT2D eigenvalue weighted by molar-refractivity contribution is 0.0965. The van der Waals surface area contributed by atoms with Gasteiger partial charge < -0.3 is 5.32 Å². The first kappa shape index (κ1) is 11.8. The minimum atomic E-state index is 0.0671. The summed E-state index contributed by atoms with van der Waals surface area (Å²) in [6.07, 6.45) is 0. The van der Waals surface area contributed by atoms with Crippen LogP contribution in [0.2, 0.25) is 0 Å². The molecule has 0 radical (unpaired) electrons. The number of hydrogen-bond acceptors (Lipinski definition) is 1. The summed E-state index contributed by atoms with van der Waals surface area (Å²) in [6.45, 7) is 8.95. The maximum absolute atomic E-state index is 11.3. The molecule has 1 aromatic rings. The molecule has 1 N–H and O–H groups in total. The van der Waals surface area contributed by atoms with E-state index in [9.17, 15) is 4.79 Å². The minimum absolute atomic E-state index is 0.0671. The van der Waals surface area contributed by atoms with Gasteiger partial charge in [0.15, 0.2) is 0 Å². The van der Waals surface area contributed by atoms with Crippen molar-refractivity contribution in [2.75, 3.05) is 0 Å². The van der Waals surface area contributed by atoms with Crippen molar-refractivity contribution in [3.63, 3.8) is 0 Å². The van der Waals surface area contributed by atoms with Crippen LogP contribution in [0, 0.1) is 0 Å². The third-order valence-corrected chi connectivity index (χ3v) is 2.48. The summed E-state index contributed by atoms with van der Waals surface area (Å²) in [4.78, 5) is 11.3. The molecule has 0 atom stereocenters. The van der Waals surface area contributed by atoms with Crippen LogP contribution < -0.4 is 5.32 Å². The average molecular weight is 205 g/mol. The molecule has 2 heteroatoms. The highest BCUT2D eigenvalue weighted by Crippen LogP contribution is 2.21. The fourth-order valence-electron chi connectivity index (χ4n) is 1.59. The number of fused-ring (bicyclic) bond motifs is 1. The van der Waals surface area contributed by atoms with Crippen molar-refractivity contribution in [2.24, 2.45) is 0 Å². The van der Waals surface area contributed by atoms with Crippen LogP contribution in [0.5, 0.6) is 0 Å². The van der Waals surface area contributed by atoms with E-state index < -0.39 is 0 Å². The van der Waals surface area contributed by atoms with Crippen molar-refractivity contribution in [2.45, 2.75) is 40.2 Å². The smallest absolute Gasteiger partial charge is 0.251 e. The highest BCUT2D eigenvalue weighted by Gasteiger charge is 2.18. The maximum Gasteiger partial charge on any atom is 0.251 e. The number of amides is 1. The Balaban J connectivity index is 0.000000531. The first-order valence-electron chi connectivity index (χ1n) is 5.59. The van der Waals surface area contributed by atoms with Crippen LogP contribution in [0.1, 0.15) is 55.1 Å². The van der Waals surface area contributed by atoms with E-state index in [0.29, 0.717) is 12.5 Å². The average Bonchev–Trinajstić information content (AvgIpc) is 2.63. The van der Waals surface area contributed by atoms with Gasteiger partial charge in [-0.25, -0.2) is 0 Å². The highest BCUT2D eigenvalue weighted by atomic mass is 16.1. The van der Waals surface area contributed by atoms with Crippen LogP contribution in [0.3, 0.4) is 0 Å². The molecule has 0 unspecified atom stereocenters. The third-order valence-electron chi connectivity index (χ3n) is 2.48. The van der Waals surface area contributed by atoms with E-state index in [1.165, 1.54) is 5.56 Å². The molecule has 0 saturated heterocycles. The Morgan fingerprint density at radius 3 is 2.53 bits per heavy atom. The Morgan fingerprint density at radius 2 is 1.93 bits per heavy atom. The molecular weight excluding hydrogens is 186 g/mol. The van der Waals surface area contributed by atoms with E-state index in [-0.39, 0.29) is 5.91 Å². The van der Waals surface area contributed by atoms with Gasteiger partial charge in [0.1, 0.15) is 0 Å². The number of benzene rings is 1. The van der Waals surface area contributed by atoms with Crippen molar-refractivity contribution < 1.29 is 4.79 Å². The van der Waals surface area contributed by atoms with E-state index in [0.717, 1.165) is 11.1 Å². The van der Waals surface area contributed by atoms with Crippen LogP contribution >= 0.6 is 0 Å². The molecule has 1 heterocycles. The lowest BCUT2D eigenvalue weighted by Crippen LogP contribution is -2.12. The van der Waals surface area contributed by atoms with Gasteiger partial charge in [-0.3, -0.25) is 4.79 Å². The van der Waals surface area contributed by atoms with Gasteiger partial charge >= 0.3 is 0 Å². The van der Waals surface area contributed by atoms with E-state index >= 15 is 0 Å². The van der Waals surface area contributed by atoms with Crippen LogP contribution in [-0.4, -0.2) is 5.91 Å². The van der Waals surface area contributed by atoms with Crippen LogP contribution in [0.4, 0.5) is 0 Å². The summed E-state index contributed by atoms with van der Waals surface area (Å²) in [7, 11) is 0. The Hall–Kier alpha value is -1.31. The molecule has 2 rings (SSSR count). The predicted molar refractivity (Wildman–Crippen MR) is 63.0 cm³/mol. The second-order valence-electron chi connectivity index (χ2n) is 3.75. The molecule has 1 amide bonds. The van der Waals surface area contributed by atoms with E-state index in [1.54, 1.807) is 0 Å². The first-order chi connectivity index (χ1) is 7.18. The largest absolute Gasteiger partial charge is 0.348 e. The molecule has 2 nitrogen and oxygen atoms in total. The standard InChI is InChI=1S/C11H13NO.C2H6/c1-7(2)8-3-4-9-6-12-11(13)10(9)5-8;1-2/h3-5,7H,6H2,1-2H3,(H,12,13);1-2H3. The van der Waals surface area contributed by atoms with Gasteiger partial charge in [-0.2, -0.15) is 0 Å². The second kappa shape index (κ2) is 4.96. The molecule has 0 saturated carbocycles. The quantitative estimate of drug-likeness (QED) is 0.750. The topological polar surface area (TPSA) is 29.1 Å². The summed E-state index contributed by atoms with van der Waals surface area (Å²) in [5, 5.41) is 2.81. The van der Waals surface area contributed by atoms with Gasteiger partial charge in [-0.15, -0.1) is 0 Å². The monoisotopic (exact) mass is 205 g/mol. The summed E-state index contributed by atoms with van der Waals surface area (Å²) in [5.74, 6) is 0.552.